The van der Waals surface area contributed by atoms with Gasteiger partial charge in [0.25, 0.3) is 5.91 Å². The summed E-state index contributed by atoms with van der Waals surface area (Å²) in [6.45, 7) is 1.30. The van der Waals surface area contributed by atoms with Crippen LogP contribution in [0.2, 0.25) is 0 Å². The first kappa shape index (κ1) is 26.4. The van der Waals surface area contributed by atoms with E-state index < -0.39 is 5.82 Å². The lowest BCUT2D eigenvalue weighted by Gasteiger charge is -2.27. The Morgan fingerprint density at radius 3 is 2.51 bits per heavy atom. The van der Waals surface area contributed by atoms with Gasteiger partial charge < -0.3 is 23.8 Å². The van der Waals surface area contributed by atoms with Gasteiger partial charge in [-0.2, -0.15) is 0 Å². The lowest BCUT2D eigenvalue weighted by Crippen LogP contribution is -2.37. The van der Waals surface area contributed by atoms with Crippen LogP contribution in [0.4, 0.5) is 4.39 Å². The lowest BCUT2D eigenvalue weighted by atomic mass is 10.0. The number of nitrogens with zero attached hydrogens (tertiary/aromatic N) is 2. The molecule has 0 saturated carbocycles. The molecule has 0 spiro atoms. The number of fused-ring (bicyclic) bond motifs is 1. The van der Waals surface area contributed by atoms with Gasteiger partial charge in [-0.15, -0.1) is 0 Å². The molecule has 1 atom stereocenters. The molecule has 1 amide bonds. The molecule has 1 aromatic heterocycles. The van der Waals surface area contributed by atoms with Gasteiger partial charge in [0.15, 0.2) is 11.5 Å². The van der Waals surface area contributed by atoms with Crippen molar-refractivity contribution in [2.75, 3.05) is 34.5 Å². The zero-order chi connectivity index (χ0) is 27.4. The van der Waals surface area contributed by atoms with Crippen molar-refractivity contribution in [2.24, 2.45) is 0 Å². The third-order valence-electron chi connectivity index (χ3n) is 6.91. The Morgan fingerprint density at radius 2 is 1.79 bits per heavy atom. The van der Waals surface area contributed by atoms with E-state index in [1.807, 2.05) is 42.5 Å². The Hall–Kier alpha value is -4.17. The summed E-state index contributed by atoms with van der Waals surface area (Å²) in [5.74, 6) is 1.12. The highest BCUT2D eigenvalue weighted by Crippen LogP contribution is 2.35. The fraction of sp³-hybridized carbons (Fsp3) is 0.290. The van der Waals surface area contributed by atoms with E-state index in [0.717, 1.165) is 34.9 Å². The number of rotatable bonds is 9. The third-order valence-corrected chi connectivity index (χ3v) is 6.91. The zero-order valence-corrected chi connectivity index (χ0v) is 22.3. The minimum Gasteiger partial charge on any atom is -0.497 e. The smallest absolute Gasteiger partial charge is 0.254 e. The van der Waals surface area contributed by atoms with Gasteiger partial charge in [0.2, 0.25) is 0 Å². The molecule has 4 aromatic rings. The van der Waals surface area contributed by atoms with Crippen molar-refractivity contribution in [1.82, 2.24) is 9.88 Å². The van der Waals surface area contributed by atoms with Crippen LogP contribution >= 0.6 is 0 Å². The highest BCUT2D eigenvalue weighted by molar-refractivity contribution is 5.94. The van der Waals surface area contributed by atoms with Crippen LogP contribution in [0.1, 0.15) is 28.8 Å². The Labute approximate surface area is 227 Å². The van der Waals surface area contributed by atoms with Crippen LogP contribution in [0.25, 0.3) is 22.2 Å². The van der Waals surface area contributed by atoms with Crippen molar-refractivity contribution >= 4 is 16.8 Å². The fourth-order valence-corrected chi connectivity index (χ4v) is 4.95. The van der Waals surface area contributed by atoms with E-state index in [4.69, 9.17) is 23.9 Å². The monoisotopic (exact) mass is 530 g/mol. The SMILES string of the molecule is COc1cccc(-c2nc3cc(OC)c(OC)cc3cc2CN(C[C@H]2CCCO2)C(=O)c2cccc(F)c2)c1. The molecular formula is C31H31FN2O5. The van der Waals surface area contributed by atoms with Crippen LogP contribution in [0.15, 0.2) is 66.7 Å². The van der Waals surface area contributed by atoms with Crippen molar-refractivity contribution in [2.45, 2.75) is 25.5 Å². The molecule has 3 aromatic carbocycles. The Morgan fingerprint density at radius 1 is 1.00 bits per heavy atom. The molecule has 7 nitrogen and oxygen atoms in total. The Balaban J connectivity index is 1.63. The summed E-state index contributed by atoms with van der Waals surface area (Å²) >= 11 is 0. The summed E-state index contributed by atoms with van der Waals surface area (Å²) in [4.78, 5) is 20.4. The van der Waals surface area contributed by atoms with E-state index in [1.54, 1.807) is 38.4 Å². The third kappa shape index (κ3) is 5.81. The van der Waals surface area contributed by atoms with Gasteiger partial charge >= 0.3 is 0 Å². The number of pyridine rings is 1. The van der Waals surface area contributed by atoms with Gasteiger partial charge in [-0.25, -0.2) is 9.37 Å². The molecule has 0 radical (unpaired) electrons. The van der Waals surface area contributed by atoms with Gasteiger partial charge in [-0.1, -0.05) is 18.2 Å². The first-order valence-electron chi connectivity index (χ1n) is 12.9. The van der Waals surface area contributed by atoms with Crippen molar-refractivity contribution in [3.8, 4) is 28.5 Å². The van der Waals surface area contributed by atoms with Gasteiger partial charge in [0.05, 0.1) is 38.6 Å². The molecule has 39 heavy (non-hydrogen) atoms. The normalized spacial score (nSPS) is 14.8. The largest absolute Gasteiger partial charge is 0.497 e. The summed E-state index contributed by atoms with van der Waals surface area (Å²) in [6.07, 6.45) is 1.73. The topological polar surface area (TPSA) is 70.1 Å². The van der Waals surface area contributed by atoms with Crippen molar-refractivity contribution < 1.29 is 28.1 Å². The van der Waals surface area contributed by atoms with Crippen molar-refractivity contribution in [3.05, 3.63) is 83.7 Å². The highest BCUT2D eigenvalue weighted by atomic mass is 19.1. The van der Waals surface area contributed by atoms with Gasteiger partial charge in [-0.3, -0.25) is 4.79 Å². The first-order valence-corrected chi connectivity index (χ1v) is 12.9. The Kier molecular flexibility index (Phi) is 7.93. The summed E-state index contributed by atoms with van der Waals surface area (Å²) < 4.78 is 36.4. The maximum absolute atomic E-state index is 14.0. The van der Waals surface area contributed by atoms with E-state index >= 15 is 0 Å². The number of benzene rings is 3. The average molecular weight is 531 g/mol. The second-order valence-corrected chi connectivity index (χ2v) is 9.46. The molecule has 5 rings (SSSR count). The molecule has 2 heterocycles. The lowest BCUT2D eigenvalue weighted by molar-refractivity contribution is 0.0507. The molecule has 1 aliphatic heterocycles. The second-order valence-electron chi connectivity index (χ2n) is 9.46. The van der Waals surface area contributed by atoms with Gasteiger partial charge in [-0.05, 0) is 60.9 Å². The maximum Gasteiger partial charge on any atom is 0.254 e. The van der Waals surface area contributed by atoms with Crippen molar-refractivity contribution in [1.29, 1.82) is 0 Å². The summed E-state index contributed by atoms with van der Waals surface area (Å²) in [5.41, 5.74) is 3.38. The van der Waals surface area contributed by atoms with E-state index in [-0.39, 0.29) is 24.1 Å². The molecule has 0 unspecified atom stereocenters. The first-order chi connectivity index (χ1) is 19.0. The number of carbonyl (C=O) groups is 1. The second kappa shape index (κ2) is 11.7. The van der Waals surface area contributed by atoms with Crippen LogP contribution in [0.3, 0.4) is 0 Å². The molecule has 1 fully saturated rings. The van der Waals surface area contributed by atoms with Gasteiger partial charge in [0, 0.05) is 42.3 Å². The molecule has 202 valence electrons. The van der Waals surface area contributed by atoms with E-state index in [0.29, 0.717) is 36.1 Å². The Bertz CT molecular complexity index is 1490. The number of hydrogen-bond acceptors (Lipinski definition) is 6. The van der Waals surface area contributed by atoms with Crippen LogP contribution in [0, 0.1) is 5.82 Å². The number of hydrogen-bond donors (Lipinski definition) is 0. The number of aromatic nitrogens is 1. The van der Waals surface area contributed by atoms with Gasteiger partial charge in [0.1, 0.15) is 11.6 Å². The number of carbonyl (C=O) groups excluding carboxylic acids is 1. The molecule has 1 saturated heterocycles. The summed E-state index contributed by atoms with van der Waals surface area (Å²) in [7, 11) is 4.79. The van der Waals surface area contributed by atoms with E-state index in [1.165, 1.54) is 12.1 Å². The minimum absolute atomic E-state index is 0.0828. The van der Waals surface area contributed by atoms with Crippen molar-refractivity contribution in [3.63, 3.8) is 0 Å². The molecule has 1 aliphatic rings. The zero-order valence-electron chi connectivity index (χ0n) is 22.3. The van der Waals surface area contributed by atoms with E-state index in [9.17, 15) is 9.18 Å². The van der Waals surface area contributed by atoms with Crippen LogP contribution in [-0.4, -0.2) is 56.4 Å². The molecule has 0 aliphatic carbocycles. The summed E-state index contributed by atoms with van der Waals surface area (Å²) in [5, 5.41) is 0.838. The molecule has 0 bridgehead atoms. The van der Waals surface area contributed by atoms with Crippen LogP contribution in [0.5, 0.6) is 17.2 Å². The molecular weight excluding hydrogens is 499 g/mol. The molecule has 0 N–H and O–H groups in total. The molecule has 8 heteroatoms. The van der Waals surface area contributed by atoms with E-state index in [2.05, 4.69) is 0 Å². The fourth-order valence-electron chi connectivity index (χ4n) is 4.95. The maximum atomic E-state index is 14.0. The predicted octanol–water partition coefficient (Wildman–Crippen LogP) is 5.89. The average Bonchev–Trinajstić information content (AvgIpc) is 3.48. The predicted molar refractivity (Wildman–Crippen MR) is 147 cm³/mol. The highest BCUT2D eigenvalue weighted by Gasteiger charge is 2.26. The van der Waals surface area contributed by atoms with Crippen LogP contribution in [-0.2, 0) is 11.3 Å². The standard InChI is InChI=1S/C31H31FN2O5/c1-36-25-10-5-7-20(15-25)30-23(13-22-16-28(37-2)29(38-3)17-27(22)33-30)18-34(19-26-11-6-12-39-26)31(35)21-8-4-9-24(32)14-21/h4-5,7-10,13-17,26H,6,11-12,18-19H2,1-3H3/t26-/m1/s1. The quantitative estimate of drug-likeness (QED) is 0.269. The number of ether oxygens (including phenoxy) is 4. The number of amides is 1. The number of halogens is 1. The summed E-state index contributed by atoms with van der Waals surface area (Å²) in [6, 6.07) is 19.1. The number of methoxy groups -OCH3 is 3. The van der Waals surface area contributed by atoms with Crippen LogP contribution < -0.4 is 14.2 Å². The minimum atomic E-state index is -0.455.